The quantitative estimate of drug-likeness (QED) is 0.877. The Kier molecular flexibility index (Phi) is 4.76. The van der Waals surface area contributed by atoms with Crippen LogP contribution in [0.4, 0.5) is 5.69 Å². The van der Waals surface area contributed by atoms with Crippen LogP contribution in [0.5, 0.6) is 11.8 Å². The molecular formula is C15H19N3O2. The van der Waals surface area contributed by atoms with Gasteiger partial charge in [0, 0.05) is 12.3 Å². The minimum absolute atomic E-state index is 0.0837. The Bertz CT molecular complexity index is 558. The maximum absolute atomic E-state index is 5.66. The number of ether oxygens (including phenoxy) is 2. The zero-order valence-electron chi connectivity index (χ0n) is 12.0. The molecule has 2 rings (SSSR count). The van der Waals surface area contributed by atoms with Crippen LogP contribution in [-0.4, -0.2) is 23.2 Å². The number of hydrogen-bond acceptors (Lipinski definition) is 5. The van der Waals surface area contributed by atoms with E-state index in [-0.39, 0.29) is 6.10 Å². The summed E-state index contributed by atoms with van der Waals surface area (Å²) >= 11 is 0. The van der Waals surface area contributed by atoms with E-state index in [9.17, 15) is 0 Å². The molecule has 106 valence electrons. The molecule has 2 aromatic rings. The van der Waals surface area contributed by atoms with Crippen molar-refractivity contribution in [3.8, 4) is 11.8 Å². The van der Waals surface area contributed by atoms with Crippen LogP contribution in [-0.2, 0) is 6.54 Å². The molecule has 0 atom stereocenters. The first-order valence-electron chi connectivity index (χ1n) is 6.54. The lowest BCUT2D eigenvalue weighted by Gasteiger charge is -2.14. The maximum atomic E-state index is 5.66. The summed E-state index contributed by atoms with van der Waals surface area (Å²) in [6, 6.07) is 9.48. The van der Waals surface area contributed by atoms with E-state index in [2.05, 4.69) is 15.3 Å². The first-order valence-corrected chi connectivity index (χ1v) is 6.54. The molecule has 5 nitrogen and oxygen atoms in total. The van der Waals surface area contributed by atoms with Crippen molar-refractivity contribution in [2.75, 3.05) is 12.4 Å². The molecule has 0 aliphatic heterocycles. The van der Waals surface area contributed by atoms with E-state index in [1.165, 1.54) is 0 Å². The molecule has 2 aromatic heterocycles. The Morgan fingerprint density at radius 2 is 2.05 bits per heavy atom. The summed E-state index contributed by atoms with van der Waals surface area (Å²) < 4.78 is 10.8. The van der Waals surface area contributed by atoms with Crippen molar-refractivity contribution < 1.29 is 9.47 Å². The van der Waals surface area contributed by atoms with Crippen molar-refractivity contribution in [1.29, 1.82) is 0 Å². The van der Waals surface area contributed by atoms with Gasteiger partial charge in [0.1, 0.15) is 0 Å². The minimum atomic E-state index is 0.0837. The lowest BCUT2D eigenvalue weighted by molar-refractivity contribution is 0.234. The Hall–Kier alpha value is -2.30. The van der Waals surface area contributed by atoms with Crippen LogP contribution in [0.2, 0.25) is 0 Å². The SMILES string of the molecule is COc1cccc(CNc2cccnc2OC(C)C)n1. The van der Waals surface area contributed by atoms with Gasteiger partial charge in [-0.2, -0.15) is 0 Å². The van der Waals surface area contributed by atoms with Gasteiger partial charge >= 0.3 is 0 Å². The number of methoxy groups -OCH3 is 1. The van der Waals surface area contributed by atoms with Crippen LogP contribution in [0.25, 0.3) is 0 Å². The number of aromatic nitrogens is 2. The van der Waals surface area contributed by atoms with E-state index in [1.54, 1.807) is 13.3 Å². The summed E-state index contributed by atoms with van der Waals surface area (Å²) in [5, 5.41) is 3.28. The summed E-state index contributed by atoms with van der Waals surface area (Å²) in [6.45, 7) is 4.53. The van der Waals surface area contributed by atoms with E-state index in [0.717, 1.165) is 11.4 Å². The normalized spacial score (nSPS) is 10.4. The highest BCUT2D eigenvalue weighted by Crippen LogP contribution is 2.22. The minimum Gasteiger partial charge on any atom is -0.481 e. The maximum Gasteiger partial charge on any atom is 0.237 e. The van der Waals surface area contributed by atoms with E-state index < -0.39 is 0 Å². The van der Waals surface area contributed by atoms with Gasteiger partial charge in [-0.25, -0.2) is 9.97 Å². The summed E-state index contributed by atoms with van der Waals surface area (Å²) in [5.74, 6) is 1.21. The fourth-order valence-corrected chi connectivity index (χ4v) is 1.70. The van der Waals surface area contributed by atoms with E-state index in [0.29, 0.717) is 18.3 Å². The molecule has 0 spiro atoms. The van der Waals surface area contributed by atoms with Gasteiger partial charge in [0.05, 0.1) is 31.1 Å². The van der Waals surface area contributed by atoms with Gasteiger partial charge in [0.15, 0.2) is 0 Å². The molecule has 0 fully saturated rings. The molecule has 20 heavy (non-hydrogen) atoms. The topological polar surface area (TPSA) is 56.3 Å². The molecule has 0 saturated heterocycles. The number of rotatable bonds is 6. The molecule has 1 N–H and O–H groups in total. The molecule has 0 bridgehead atoms. The second-order valence-electron chi connectivity index (χ2n) is 4.55. The van der Waals surface area contributed by atoms with Crippen LogP contribution < -0.4 is 14.8 Å². The first-order chi connectivity index (χ1) is 9.69. The van der Waals surface area contributed by atoms with Crippen molar-refractivity contribution in [2.45, 2.75) is 26.5 Å². The Morgan fingerprint density at radius 1 is 1.20 bits per heavy atom. The fourth-order valence-electron chi connectivity index (χ4n) is 1.70. The smallest absolute Gasteiger partial charge is 0.237 e. The van der Waals surface area contributed by atoms with Crippen molar-refractivity contribution in [3.05, 3.63) is 42.2 Å². The predicted octanol–water partition coefficient (Wildman–Crippen LogP) is 2.88. The second-order valence-corrected chi connectivity index (χ2v) is 4.55. The number of nitrogens with zero attached hydrogens (tertiary/aromatic N) is 2. The monoisotopic (exact) mass is 273 g/mol. The molecule has 2 heterocycles. The van der Waals surface area contributed by atoms with Crippen LogP contribution in [0.15, 0.2) is 36.5 Å². The van der Waals surface area contributed by atoms with Gasteiger partial charge in [-0.1, -0.05) is 6.07 Å². The molecule has 0 unspecified atom stereocenters. The highest BCUT2D eigenvalue weighted by atomic mass is 16.5. The van der Waals surface area contributed by atoms with Gasteiger partial charge in [-0.05, 0) is 32.0 Å². The molecule has 0 aliphatic rings. The number of anilines is 1. The molecule has 0 aliphatic carbocycles. The van der Waals surface area contributed by atoms with Crippen molar-refractivity contribution in [2.24, 2.45) is 0 Å². The summed E-state index contributed by atoms with van der Waals surface area (Å²) in [5.41, 5.74) is 1.74. The highest BCUT2D eigenvalue weighted by molar-refractivity contribution is 5.52. The van der Waals surface area contributed by atoms with E-state index >= 15 is 0 Å². The third-order valence-electron chi connectivity index (χ3n) is 2.57. The molecule has 0 aromatic carbocycles. The highest BCUT2D eigenvalue weighted by Gasteiger charge is 2.06. The summed E-state index contributed by atoms with van der Waals surface area (Å²) in [7, 11) is 1.61. The number of pyridine rings is 2. The zero-order chi connectivity index (χ0) is 14.4. The molecule has 5 heteroatoms. The Labute approximate surface area is 119 Å². The molecule has 0 amide bonds. The standard InChI is InChI=1S/C15H19N3O2/c1-11(2)20-15-13(7-5-9-16-15)17-10-12-6-4-8-14(18-12)19-3/h4-9,11,17H,10H2,1-3H3. The van der Waals surface area contributed by atoms with Crippen molar-refractivity contribution >= 4 is 5.69 Å². The number of hydrogen-bond donors (Lipinski definition) is 1. The van der Waals surface area contributed by atoms with Gasteiger partial charge in [0.25, 0.3) is 0 Å². The van der Waals surface area contributed by atoms with Gasteiger partial charge < -0.3 is 14.8 Å². The predicted molar refractivity (Wildman–Crippen MR) is 78.1 cm³/mol. The van der Waals surface area contributed by atoms with E-state index in [4.69, 9.17) is 9.47 Å². The lowest BCUT2D eigenvalue weighted by atomic mass is 10.3. The van der Waals surface area contributed by atoms with Gasteiger partial charge in [0.2, 0.25) is 11.8 Å². The first kappa shape index (κ1) is 14.1. The Morgan fingerprint density at radius 3 is 2.80 bits per heavy atom. The second kappa shape index (κ2) is 6.75. The van der Waals surface area contributed by atoms with Gasteiger partial charge in [-0.3, -0.25) is 0 Å². The summed E-state index contributed by atoms with van der Waals surface area (Å²) in [6.07, 6.45) is 1.80. The van der Waals surface area contributed by atoms with Crippen LogP contribution in [0.1, 0.15) is 19.5 Å². The lowest BCUT2D eigenvalue weighted by Crippen LogP contribution is -2.10. The number of nitrogens with one attached hydrogen (secondary N) is 1. The van der Waals surface area contributed by atoms with Crippen LogP contribution >= 0.6 is 0 Å². The Balaban J connectivity index is 2.06. The average molecular weight is 273 g/mol. The molecular weight excluding hydrogens is 254 g/mol. The third kappa shape index (κ3) is 3.85. The third-order valence-corrected chi connectivity index (χ3v) is 2.57. The fraction of sp³-hybridized carbons (Fsp3) is 0.333. The van der Waals surface area contributed by atoms with Crippen LogP contribution in [0, 0.1) is 0 Å². The zero-order valence-corrected chi connectivity index (χ0v) is 12.0. The average Bonchev–Trinajstić information content (AvgIpc) is 2.46. The molecule has 0 radical (unpaired) electrons. The summed E-state index contributed by atoms with van der Waals surface area (Å²) in [4.78, 5) is 8.59. The van der Waals surface area contributed by atoms with Crippen molar-refractivity contribution in [1.82, 2.24) is 9.97 Å². The van der Waals surface area contributed by atoms with Crippen LogP contribution in [0.3, 0.4) is 0 Å². The molecule has 0 saturated carbocycles. The van der Waals surface area contributed by atoms with Gasteiger partial charge in [-0.15, -0.1) is 0 Å². The largest absolute Gasteiger partial charge is 0.481 e. The van der Waals surface area contributed by atoms with Crippen molar-refractivity contribution in [3.63, 3.8) is 0 Å². The van der Waals surface area contributed by atoms with E-state index in [1.807, 2.05) is 44.2 Å².